The van der Waals surface area contributed by atoms with Gasteiger partial charge in [0.2, 0.25) is 5.90 Å². The van der Waals surface area contributed by atoms with Gasteiger partial charge in [-0.15, -0.1) is 0 Å². The van der Waals surface area contributed by atoms with Crippen LogP contribution < -0.4 is 0 Å². The predicted molar refractivity (Wildman–Crippen MR) is 82.5 cm³/mol. The number of aromatic nitrogens is 1. The zero-order valence-electron chi connectivity index (χ0n) is 12.7. The van der Waals surface area contributed by atoms with Crippen LogP contribution in [-0.2, 0) is 4.74 Å². The second-order valence-corrected chi connectivity index (χ2v) is 5.81. The van der Waals surface area contributed by atoms with Gasteiger partial charge in [0, 0.05) is 12.4 Å². The van der Waals surface area contributed by atoms with Crippen molar-refractivity contribution in [3.8, 4) is 0 Å². The Morgan fingerprint density at radius 1 is 1.30 bits per heavy atom. The van der Waals surface area contributed by atoms with Crippen LogP contribution in [0.4, 0.5) is 0 Å². The maximum Gasteiger partial charge on any atom is 0.209 e. The van der Waals surface area contributed by atoms with E-state index in [1.54, 1.807) is 12.4 Å². The molecule has 2 rings (SSSR count). The fourth-order valence-electron chi connectivity index (χ4n) is 2.04. The summed E-state index contributed by atoms with van der Waals surface area (Å²) in [6, 6.07) is 6.03. The van der Waals surface area contributed by atoms with Crippen LogP contribution in [0.15, 0.2) is 34.4 Å². The fourth-order valence-corrected chi connectivity index (χ4v) is 2.04. The molecule has 0 unspecified atom stereocenters. The molecule has 20 heavy (non-hydrogen) atoms. The zero-order chi connectivity index (χ0) is 14.5. The van der Waals surface area contributed by atoms with Crippen LogP contribution in [0.2, 0.25) is 0 Å². The van der Waals surface area contributed by atoms with Crippen LogP contribution >= 0.6 is 0 Å². The monoisotopic (exact) mass is 273 g/mol. The molecule has 1 aromatic heterocycles. The van der Waals surface area contributed by atoms with Crippen LogP contribution in [0.25, 0.3) is 0 Å². The summed E-state index contributed by atoms with van der Waals surface area (Å²) in [5.74, 6) is 1.62. The van der Waals surface area contributed by atoms with Crippen LogP contribution in [0.5, 0.6) is 0 Å². The Kier molecular flexibility index (Phi) is 4.88. The lowest BCUT2D eigenvalue weighted by molar-refractivity contribution is 0.278. The van der Waals surface area contributed by atoms with Gasteiger partial charge in [-0.1, -0.05) is 33.8 Å². The molecule has 0 N–H and O–H groups in total. The highest BCUT2D eigenvalue weighted by Gasteiger charge is 2.28. The van der Waals surface area contributed by atoms with E-state index in [0.29, 0.717) is 18.4 Å². The molecule has 108 valence electrons. The number of pyridine rings is 1. The van der Waals surface area contributed by atoms with Gasteiger partial charge in [-0.25, -0.2) is 4.99 Å². The quantitative estimate of drug-likeness (QED) is 0.774. The maximum absolute atomic E-state index is 5.75. The number of hydrogen-bond acceptors (Lipinski definition) is 4. The molecule has 1 aliphatic rings. The van der Waals surface area contributed by atoms with Gasteiger partial charge in [-0.3, -0.25) is 9.98 Å². The Morgan fingerprint density at radius 2 is 2.10 bits per heavy atom. The maximum atomic E-state index is 5.75. The third kappa shape index (κ3) is 3.65. The van der Waals surface area contributed by atoms with E-state index < -0.39 is 0 Å². The molecule has 0 amide bonds. The average Bonchev–Trinajstić information content (AvgIpc) is 2.89. The predicted octanol–water partition coefficient (Wildman–Crippen LogP) is 2.98. The van der Waals surface area contributed by atoms with Crippen LogP contribution in [-0.4, -0.2) is 35.8 Å². The summed E-state index contributed by atoms with van der Waals surface area (Å²) < 4.78 is 5.75. The average molecular weight is 273 g/mol. The van der Waals surface area contributed by atoms with Crippen molar-refractivity contribution < 1.29 is 4.74 Å². The van der Waals surface area contributed by atoms with Crippen LogP contribution in [0.3, 0.4) is 0 Å². The molecule has 0 saturated heterocycles. The van der Waals surface area contributed by atoms with Crippen molar-refractivity contribution in [1.29, 1.82) is 0 Å². The molecule has 0 saturated carbocycles. The Morgan fingerprint density at radius 3 is 2.65 bits per heavy atom. The second-order valence-electron chi connectivity index (χ2n) is 5.81. The number of ether oxygens (including phenoxy) is 1. The Bertz CT molecular complexity index is 480. The van der Waals surface area contributed by atoms with Crippen molar-refractivity contribution in [1.82, 2.24) is 4.98 Å². The molecule has 4 heteroatoms. The molecule has 0 bridgehead atoms. The second kappa shape index (κ2) is 6.64. The number of aliphatic imine (C=N–C) groups is 2. The minimum Gasteiger partial charge on any atom is -0.477 e. The van der Waals surface area contributed by atoms with Gasteiger partial charge in [0.05, 0.1) is 11.7 Å². The minimum absolute atomic E-state index is 0.0271. The lowest BCUT2D eigenvalue weighted by atomic mass is 10.0. The van der Waals surface area contributed by atoms with Crippen molar-refractivity contribution in [3.63, 3.8) is 0 Å². The molecule has 0 radical (unpaired) electrons. The Labute approximate surface area is 121 Å². The Hall–Kier alpha value is -1.71. The smallest absolute Gasteiger partial charge is 0.209 e. The molecule has 0 spiro atoms. The van der Waals surface area contributed by atoms with Crippen LogP contribution in [0, 0.1) is 11.8 Å². The van der Waals surface area contributed by atoms with E-state index in [1.165, 1.54) is 0 Å². The summed E-state index contributed by atoms with van der Waals surface area (Å²) in [7, 11) is 0. The first-order valence-corrected chi connectivity index (χ1v) is 7.22. The van der Waals surface area contributed by atoms with Gasteiger partial charge in [-0.05, 0) is 24.0 Å². The van der Waals surface area contributed by atoms with E-state index in [-0.39, 0.29) is 12.1 Å². The van der Waals surface area contributed by atoms with Gasteiger partial charge in [-0.2, -0.15) is 0 Å². The van der Waals surface area contributed by atoms with Crippen molar-refractivity contribution in [3.05, 3.63) is 30.1 Å². The molecule has 0 aromatic carbocycles. The van der Waals surface area contributed by atoms with E-state index in [2.05, 4.69) is 42.7 Å². The van der Waals surface area contributed by atoms with Crippen molar-refractivity contribution in [2.45, 2.75) is 39.8 Å². The lowest BCUT2D eigenvalue weighted by Gasteiger charge is -2.15. The van der Waals surface area contributed by atoms with E-state index in [0.717, 1.165) is 11.6 Å². The van der Waals surface area contributed by atoms with Crippen LogP contribution in [0.1, 0.15) is 33.4 Å². The molecular weight excluding hydrogens is 250 g/mol. The first-order valence-electron chi connectivity index (χ1n) is 7.22. The van der Waals surface area contributed by atoms with E-state index in [4.69, 9.17) is 4.74 Å². The Balaban J connectivity index is 2.13. The van der Waals surface area contributed by atoms with Gasteiger partial charge in [0.15, 0.2) is 0 Å². The van der Waals surface area contributed by atoms with E-state index >= 15 is 0 Å². The van der Waals surface area contributed by atoms with Gasteiger partial charge < -0.3 is 4.74 Å². The molecule has 0 fully saturated rings. The normalized spacial score (nSPS) is 20.5. The topological polar surface area (TPSA) is 46.8 Å². The number of nitrogens with zero attached hydrogens (tertiary/aromatic N) is 3. The largest absolute Gasteiger partial charge is 0.477 e. The zero-order valence-corrected chi connectivity index (χ0v) is 12.7. The summed E-state index contributed by atoms with van der Waals surface area (Å²) in [4.78, 5) is 13.6. The third-order valence-electron chi connectivity index (χ3n) is 3.40. The highest BCUT2D eigenvalue weighted by molar-refractivity contribution is 5.87. The minimum atomic E-state index is -0.0271. The number of rotatable bonds is 5. The van der Waals surface area contributed by atoms with E-state index in [1.807, 2.05) is 18.2 Å². The van der Waals surface area contributed by atoms with Crippen molar-refractivity contribution >= 4 is 12.1 Å². The molecular formula is C16H23N3O. The van der Waals surface area contributed by atoms with Gasteiger partial charge in [0.1, 0.15) is 12.6 Å². The third-order valence-corrected chi connectivity index (χ3v) is 3.40. The highest BCUT2D eigenvalue weighted by atomic mass is 16.5. The summed E-state index contributed by atoms with van der Waals surface area (Å²) in [5, 5.41) is 0. The molecule has 1 aliphatic heterocycles. The first kappa shape index (κ1) is 14.7. The highest BCUT2D eigenvalue weighted by Crippen LogP contribution is 2.19. The van der Waals surface area contributed by atoms with E-state index in [9.17, 15) is 0 Å². The molecule has 1 aromatic rings. The van der Waals surface area contributed by atoms with Crippen molar-refractivity contribution in [2.24, 2.45) is 21.8 Å². The summed E-state index contributed by atoms with van der Waals surface area (Å²) in [6.07, 6.45) is 3.57. The summed E-state index contributed by atoms with van der Waals surface area (Å²) in [5.41, 5.74) is 0.858. The first-order chi connectivity index (χ1) is 9.58. The SMILES string of the molecule is CC(C)[C@H](N=Cc1ccccn1)C1=N[C@@H](C(C)C)CO1. The molecule has 4 nitrogen and oxygen atoms in total. The lowest BCUT2D eigenvalue weighted by Crippen LogP contribution is -2.25. The van der Waals surface area contributed by atoms with Gasteiger partial charge in [0.25, 0.3) is 0 Å². The summed E-state index contributed by atoms with van der Waals surface area (Å²) >= 11 is 0. The standard InChI is InChI=1S/C16H23N3O/c1-11(2)14-10-20-16(19-14)15(12(3)4)18-9-13-7-5-6-8-17-13/h5-9,11-12,14-15H,10H2,1-4H3/t14-,15+/m1/s1. The molecule has 2 atom stereocenters. The number of hydrogen-bond donors (Lipinski definition) is 0. The summed E-state index contributed by atoms with van der Waals surface area (Å²) in [6.45, 7) is 9.28. The molecule has 0 aliphatic carbocycles. The van der Waals surface area contributed by atoms with Crippen molar-refractivity contribution in [2.75, 3.05) is 6.61 Å². The molecule has 2 heterocycles. The fraction of sp³-hybridized carbons (Fsp3) is 0.562. The van der Waals surface area contributed by atoms with Gasteiger partial charge >= 0.3 is 0 Å².